The molecule has 1 saturated heterocycles. The van der Waals surface area contributed by atoms with E-state index in [0.717, 1.165) is 6.54 Å². The summed E-state index contributed by atoms with van der Waals surface area (Å²) in [7, 11) is 1.55. The third-order valence-corrected chi connectivity index (χ3v) is 3.78. The van der Waals surface area contributed by atoms with Crippen molar-refractivity contribution < 1.29 is 14.6 Å². The lowest BCUT2D eigenvalue weighted by atomic mass is 10.1. The summed E-state index contributed by atoms with van der Waals surface area (Å²) in [4.78, 5) is 12.4. The number of methoxy groups -OCH3 is 1. The summed E-state index contributed by atoms with van der Waals surface area (Å²) in [6.45, 7) is 1.82. The average Bonchev–Trinajstić information content (AvgIpc) is 2.94. The van der Waals surface area contributed by atoms with Gasteiger partial charge in [-0.1, -0.05) is 0 Å². The second-order valence-electron chi connectivity index (χ2n) is 4.01. The molecule has 1 fully saturated rings. The molecule has 2 unspecified atom stereocenters. The summed E-state index contributed by atoms with van der Waals surface area (Å²) in [6.07, 6.45) is -0.375. The SMILES string of the molecule is COc1ccsc1C(=O)NCC1CNCC1O.Cl. The van der Waals surface area contributed by atoms with Crippen LogP contribution in [0.1, 0.15) is 9.67 Å². The number of hydrogen-bond acceptors (Lipinski definition) is 5. The van der Waals surface area contributed by atoms with E-state index in [1.807, 2.05) is 5.38 Å². The van der Waals surface area contributed by atoms with Crippen LogP contribution in [0.25, 0.3) is 0 Å². The Morgan fingerprint density at radius 2 is 2.44 bits per heavy atom. The zero-order valence-corrected chi connectivity index (χ0v) is 11.6. The van der Waals surface area contributed by atoms with E-state index in [0.29, 0.717) is 23.7 Å². The number of amides is 1. The standard InChI is InChI=1S/C11H16N2O3S.ClH/c1-16-9-2-3-17-10(9)11(15)13-5-7-4-12-6-8(7)14;/h2-3,7-8,12,14H,4-6H2,1H3,(H,13,15);1H. The maximum Gasteiger partial charge on any atom is 0.265 e. The van der Waals surface area contributed by atoms with E-state index in [4.69, 9.17) is 4.74 Å². The number of ether oxygens (including phenoxy) is 1. The van der Waals surface area contributed by atoms with Crippen LogP contribution in [0.15, 0.2) is 11.4 Å². The summed E-state index contributed by atoms with van der Waals surface area (Å²) < 4.78 is 5.09. The first-order valence-corrected chi connectivity index (χ1v) is 6.38. The van der Waals surface area contributed by atoms with Crippen LogP contribution in [0.4, 0.5) is 0 Å². The highest BCUT2D eigenvalue weighted by molar-refractivity contribution is 7.12. The van der Waals surface area contributed by atoms with E-state index in [9.17, 15) is 9.90 Å². The van der Waals surface area contributed by atoms with Gasteiger partial charge in [0.2, 0.25) is 0 Å². The summed E-state index contributed by atoms with van der Waals surface area (Å²) in [5.41, 5.74) is 0. The Balaban J connectivity index is 0.00000162. The fourth-order valence-electron chi connectivity index (χ4n) is 1.86. The number of nitrogens with one attached hydrogen (secondary N) is 2. The predicted octanol–water partition coefficient (Wildman–Crippen LogP) is 0.489. The number of aliphatic hydroxyl groups excluding tert-OH is 1. The van der Waals surface area contributed by atoms with Crippen LogP contribution in [-0.4, -0.2) is 43.9 Å². The highest BCUT2D eigenvalue weighted by Crippen LogP contribution is 2.24. The Hall–Kier alpha value is -0.820. The van der Waals surface area contributed by atoms with Crippen molar-refractivity contribution in [3.05, 3.63) is 16.3 Å². The lowest BCUT2D eigenvalue weighted by molar-refractivity contribution is 0.0928. The van der Waals surface area contributed by atoms with Crippen molar-refractivity contribution in [3.8, 4) is 5.75 Å². The third-order valence-electron chi connectivity index (χ3n) is 2.88. The Bertz CT molecular complexity index is 399. The number of halogens is 1. The van der Waals surface area contributed by atoms with Crippen LogP contribution in [0.3, 0.4) is 0 Å². The van der Waals surface area contributed by atoms with Crippen molar-refractivity contribution >= 4 is 29.7 Å². The number of rotatable bonds is 4. The summed E-state index contributed by atoms with van der Waals surface area (Å²) in [6, 6.07) is 1.77. The van der Waals surface area contributed by atoms with E-state index in [-0.39, 0.29) is 30.3 Å². The Labute approximate surface area is 116 Å². The van der Waals surface area contributed by atoms with Crippen molar-refractivity contribution in [1.29, 1.82) is 0 Å². The van der Waals surface area contributed by atoms with Gasteiger partial charge in [0.25, 0.3) is 5.91 Å². The third kappa shape index (κ3) is 3.35. The highest BCUT2D eigenvalue weighted by Gasteiger charge is 2.25. The van der Waals surface area contributed by atoms with Crippen LogP contribution >= 0.6 is 23.7 Å². The molecule has 7 heteroatoms. The van der Waals surface area contributed by atoms with E-state index in [1.54, 1.807) is 13.2 Å². The highest BCUT2D eigenvalue weighted by atomic mass is 35.5. The van der Waals surface area contributed by atoms with E-state index in [1.165, 1.54) is 11.3 Å². The van der Waals surface area contributed by atoms with Crippen LogP contribution in [0, 0.1) is 5.92 Å². The molecule has 0 aliphatic carbocycles. The second-order valence-corrected chi connectivity index (χ2v) is 4.93. The van der Waals surface area contributed by atoms with Gasteiger partial charge in [-0.2, -0.15) is 0 Å². The summed E-state index contributed by atoms with van der Waals surface area (Å²) in [5, 5.41) is 17.3. The van der Waals surface area contributed by atoms with Crippen LogP contribution in [-0.2, 0) is 0 Å². The Morgan fingerprint density at radius 1 is 1.67 bits per heavy atom. The van der Waals surface area contributed by atoms with Crippen molar-refractivity contribution in [3.63, 3.8) is 0 Å². The Morgan fingerprint density at radius 3 is 3.06 bits per heavy atom. The molecule has 2 heterocycles. The van der Waals surface area contributed by atoms with Gasteiger partial charge in [-0.3, -0.25) is 4.79 Å². The molecule has 0 bridgehead atoms. The Kier molecular flexibility index (Phi) is 5.87. The van der Waals surface area contributed by atoms with Gasteiger partial charge in [-0.05, 0) is 11.4 Å². The van der Waals surface area contributed by atoms with Crippen LogP contribution in [0.2, 0.25) is 0 Å². The fourth-order valence-corrected chi connectivity index (χ4v) is 2.63. The minimum absolute atomic E-state index is 0. The van der Waals surface area contributed by atoms with Gasteiger partial charge < -0.3 is 20.5 Å². The molecule has 0 aromatic carbocycles. The number of carbonyl (C=O) groups excluding carboxylic acids is 1. The quantitative estimate of drug-likeness (QED) is 0.755. The van der Waals surface area contributed by atoms with E-state index >= 15 is 0 Å². The first-order valence-electron chi connectivity index (χ1n) is 5.51. The van der Waals surface area contributed by atoms with Crippen molar-refractivity contribution in [2.75, 3.05) is 26.7 Å². The molecule has 1 aliphatic rings. The molecule has 18 heavy (non-hydrogen) atoms. The van der Waals surface area contributed by atoms with Gasteiger partial charge in [-0.25, -0.2) is 0 Å². The lowest BCUT2D eigenvalue weighted by Crippen LogP contribution is -2.34. The number of aliphatic hydroxyl groups is 1. The molecular weight excluding hydrogens is 276 g/mol. The van der Waals surface area contributed by atoms with Gasteiger partial charge in [0.1, 0.15) is 10.6 Å². The molecule has 1 aliphatic heterocycles. The molecule has 5 nitrogen and oxygen atoms in total. The minimum atomic E-state index is -0.375. The normalized spacial score (nSPS) is 22.3. The van der Waals surface area contributed by atoms with Crippen molar-refractivity contribution in [2.24, 2.45) is 5.92 Å². The first-order chi connectivity index (χ1) is 8.22. The number of thiophene rings is 1. The molecule has 0 radical (unpaired) electrons. The monoisotopic (exact) mass is 292 g/mol. The molecule has 0 saturated carbocycles. The second kappa shape index (κ2) is 6.94. The summed E-state index contributed by atoms with van der Waals surface area (Å²) >= 11 is 1.35. The largest absolute Gasteiger partial charge is 0.495 e. The smallest absolute Gasteiger partial charge is 0.265 e. The molecule has 1 aromatic rings. The molecule has 2 rings (SSSR count). The van der Waals surface area contributed by atoms with Crippen LogP contribution in [0.5, 0.6) is 5.75 Å². The van der Waals surface area contributed by atoms with Gasteiger partial charge in [0, 0.05) is 25.6 Å². The van der Waals surface area contributed by atoms with Crippen molar-refractivity contribution in [2.45, 2.75) is 6.10 Å². The molecule has 3 N–H and O–H groups in total. The van der Waals surface area contributed by atoms with E-state index in [2.05, 4.69) is 10.6 Å². The molecule has 0 spiro atoms. The zero-order chi connectivity index (χ0) is 12.3. The number of β-amino-alcohol motifs (C(OH)–C–C–N with tert-alkyl or cyclic N) is 1. The first kappa shape index (κ1) is 15.2. The topological polar surface area (TPSA) is 70.6 Å². The number of hydrogen-bond donors (Lipinski definition) is 3. The predicted molar refractivity (Wildman–Crippen MR) is 72.8 cm³/mol. The maximum absolute atomic E-state index is 11.9. The van der Waals surface area contributed by atoms with Gasteiger partial charge >= 0.3 is 0 Å². The molecule has 102 valence electrons. The fraction of sp³-hybridized carbons (Fsp3) is 0.545. The number of carbonyl (C=O) groups is 1. The molecule has 1 amide bonds. The van der Waals surface area contributed by atoms with Gasteiger partial charge in [0.15, 0.2) is 0 Å². The maximum atomic E-state index is 11.9. The van der Waals surface area contributed by atoms with Crippen LogP contribution < -0.4 is 15.4 Å². The molecule has 1 aromatic heterocycles. The molecular formula is C11H17ClN2O3S. The van der Waals surface area contributed by atoms with E-state index < -0.39 is 0 Å². The molecule has 2 atom stereocenters. The lowest BCUT2D eigenvalue weighted by Gasteiger charge is -2.13. The minimum Gasteiger partial charge on any atom is -0.495 e. The van der Waals surface area contributed by atoms with Gasteiger partial charge in [0.05, 0.1) is 13.2 Å². The van der Waals surface area contributed by atoms with Crippen molar-refractivity contribution in [1.82, 2.24) is 10.6 Å². The van der Waals surface area contributed by atoms with Gasteiger partial charge in [-0.15, -0.1) is 23.7 Å². The summed E-state index contributed by atoms with van der Waals surface area (Å²) in [5.74, 6) is 0.540. The average molecular weight is 293 g/mol. The zero-order valence-electron chi connectivity index (χ0n) is 10.0.